The van der Waals surface area contributed by atoms with Crippen molar-refractivity contribution in [3.8, 4) is 11.1 Å². The number of rotatable bonds is 4. The highest BCUT2D eigenvalue weighted by Crippen LogP contribution is 2.26. The third-order valence-electron chi connectivity index (χ3n) is 4.14. The topological polar surface area (TPSA) is 67.8 Å². The number of aromatic nitrogens is 3. The Morgan fingerprint density at radius 3 is 2.52 bits per heavy atom. The number of amides is 1. The number of fused-ring (bicyclic) bond motifs is 1. The van der Waals surface area contributed by atoms with Crippen molar-refractivity contribution in [3.05, 3.63) is 89.5 Å². The Bertz CT molecular complexity index is 1100. The summed E-state index contributed by atoms with van der Waals surface area (Å²) in [6, 6.07) is 17.1. The van der Waals surface area contributed by atoms with E-state index in [0.29, 0.717) is 22.6 Å². The molecule has 0 fully saturated rings. The van der Waals surface area contributed by atoms with Crippen LogP contribution in [0.15, 0.2) is 73.2 Å². The molecular formula is C21H15ClN4O. The fourth-order valence-corrected chi connectivity index (χ4v) is 2.88. The number of pyridine rings is 1. The zero-order chi connectivity index (χ0) is 18.6. The van der Waals surface area contributed by atoms with Crippen molar-refractivity contribution >= 4 is 28.5 Å². The molecule has 2 aromatic heterocycles. The molecule has 1 amide bonds. The van der Waals surface area contributed by atoms with E-state index in [4.69, 9.17) is 11.6 Å². The Morgan fingerprint density at radius 1 is 0.963 bits per heavy atom. The van der Waals surface area contributed by atoms with Crippen molar-refractivity contribution in [1.82, 2.24) is 20.3 Å². The van der Waals surface area contributed by atoms with Gasteiger partial charge >= 0.3 is 0 Å². The smallest absolute Gasteiger partial charge is 0.271 e. The van der Waals surface area contributed by atoms with Crippen molar-refractivity contribution in [2.75, 3.05) is 0 Å². The summed E-state index contributed by atoms with van der Waals surface area (Å²) >= 11 is 5.97. The van der Waals surface area contributed by atoms with Crippen LogP contribution in [-0.4, -0.2) is 20.9 Å². The van der Waals surface area contributed by atoms with Crippen molar-refractivity contribution < 1.29 is 4.79 Å². The summed E-state index contributed by atoms with van der Waals surface area (Å²) in [6.45, 7) is 0.430. The Labute approximate surface area is 161 Å². The molecule has 0 aliphatic heterocycles. The van der Waals surface area contributed by atoms with Crippen LogP contribution in [0.25, 0.3) is 22.2 Å². The Hall–Kier alpha value is -3.31. The molecule has 4 rings (SSSR count). The summed E-state index contributed by atoms with van der Waals surface area (Å²) in [5, 5.41) is 3.52. The number of hydrogen-bond acceptors (Lipinski definition) is 4. The maximum atomic E-state index is 12.5. The van der Waals surface area contributed by atoms with Crippen molar-refractivity contribution in [2.45, 2.75) is 6.54 Å². The lowest BCUT2D eigenvalue weighted by molar-refractivity contribution is 0.0946. The van der Waals surface area contributed by atoms with Crippen molar-refractivity contribution in [1.29, 1.82) is 0 Å². The fourth-order valence-electron chi connectivity index (χ4n) is 2.75. The van der Waals surface area contributed by atoms with Gasteiger partial charge in [-0.25, -0.2) is 4.98 Å². The largest absolute Gasteiger partial charge is 0.347 e. The van der Waals surface area contributed by atoms with E-state index in [9.17, 15) is 4.79 Å². The Kier molecular flexibility index (Phi) is 4.77. The Balaban J connectivity index is 1.65. The van der Waals surface area contributed by atoms with Gasteiger partial charge in [0.2, 0.25) is 0 Å². The zero-order valence-electron chi connectivity index (χ0n) is 14.3. The van der Waals surface area contributed by atoms with Crippen molar-refractivity contribution in [2.24, 2.45) is 0 Å². The first-order valence-electron chi connectivity index (χ1n) is 8.39. The van der Waals surface area contributed by atoms with Gasteiger partial charge in [-0.3, -0.25) is 14.8 Å². The summed E-state index contributed by atoms with van der Waals surface area (Å²) in [7, 11) is 0. The molecule has 132 valence electrons. The minimum Gasteiger partial charge on any atom is -0.347 e. The van der Waals surface area contributed by atoms with Crippen LogP contribution in [0, 0.1) is 0 Å². The second-order valence-corrected chi connectivity index (χ2v) is 6.42. The van der Waals surface area contributed by atoms with Gasteiger partial charge < -0.3 is 5.32 Å². The van der Waals surface area contributed by atoms with E-state index in [2.05, 4.69) is 20.3 Å². The molecule has 1 N–H and O–H groups in total. The van der Waals surface area contributed by atoms with Gasteiger partial charge in [-0.1, -0.05) is 54.1 Å². The third kappa shape index (κ3) is 3.78. The number of nitrogens with zero attached hydrogens (tertiary/aromatic N) is 3. The van der Waals surface area contributed by atoms with Crippen LogP contribution in [0.5, 0.6) is 0 Å². The first-order valence-corrected chi connectivity index (χ1v) is 8.77. The SMILES string of the molecule is O=C(NCc1ccccc1)c1cnc2cncc(-c3ccc(Cl)cc3)c2n1. The second kappa shape index (κ2) is 7.51. The zero-order valence-corrected chi connectivity index (χ0v) is 15.0. The number of carbonyl (C=O) groups is 1. The van der Waals surface area contributed by atoms with Gasteiger partial charge in [0.1, 0.15) is 16.7 Å². The fraction of sp³-hybridized carbons (Fsp3) is 0.0476. The number of benzene rings is 2. The van der Waals surface area contributed by atoms with Crippen LogP contribution in [0.1, 0.15) is 16.1 Å². The molecule has 0 saturated carbocycles. The lowest BCUT2D eigenvalue weighted by Crippen LogP contribution is -2.24. The van der Waals surface area contributed by atoms with E-state index in [1.54, 1.807) is 24.5 Å². The van der Waals surface area contributed by atoms with E-state index >= 15 is 0 Å². The number of halogens is 1. The highest BCUT2D eigenvalue weighted by molar-refractivity contribution is 6.30. The van der Waals surface area contributed by atoms with Crippen LogP contribution in [-0.2, 0) is 6.54 Å². The molecule has 2 heterocycles. The standard InChI is InChI=1S/C21H15ClN4O/c22-16-8-6-15(7-9-16)17-11-23-12-18-20(17)26-19(13-24-18)21(27)25-10-14-4-2-1-3-5-14/h1-9,11-13H,10H2,(H,25,27). The number of carbonyl (C=O) groups excluding carboxylic acids is 1. The molecule has 0 unspecified atom stereocenters. The average Bonchev–Trinajstić information content (AvgIpc) is 2.72. The highest BCUT2D eigenvalue weighted by Gasteiger charge is 2.12. The second-order valence-electron chi connectivity index (χ2n) is 5.99. The molecule has 0 atom stereocenters. The quantitative estimate of drug-likeness (QED) is 0.579. The van der Waals surface area contributed by atoms with Crippen LogP contribution in [0.4, 0.5) is 0 Å². The van der Waals surface area contributed by atoms with E-state index in [1.807, 2.05) is 42.5 Å². The van der Waals surface area contributed by atoms with Crippen LogP contribution in [0.2, 0.25) is 5.02 Å². The highest BCUT2D eigenvalue weighted by atomic mass is 35.5. The van der Waals surface area contributed by atoms with E-state index < -0.39 is 0 Å². The molecule has 4 aromatic rings. The van der Waals surface area contributed by atoms with Crippen LogP contribution < -0.4 is 5.32 Å². The molecule has 27 heavy (non-hydrogen) atoms. The van der Waals surface area contributed by atoms with Crippen LogP contribution in [0.3, 0.4) is 0 Å². The summed E-state index contributed by atoms with van der Waals surface area (Å²) in [5.41, 5.74) is 4.25. The third-order valence-corrected chi connectivity index (χ3v) is 4.39. The van der Waals surface area contributed by atoms with Gasteiger partial charge in [-0.15, -0.1) is 0 Å². The molecule has 0 spiro atoms. The van der Waals surface area contributed by atoms with Gasteiger partial charge in [0, 0.05) is 23.3 Å². The maximum absolute atomic E-state index is 12.5. The van der Waals surface area contributed by atoms with Crippen molar-refractivity contribution in [3.63, 3.8) is 0 Å². The molecule has 6 heteroatoms. The van der Waals surface area contributed by atoms with Gasteiger partial charge in [-0.05, 0) is 23.3 Å². The Morgan fingerprint density at radius 2 is 1.74 bits per heavy atom. The summed E-state index contributed by atoms with van der Waals surface area (Å²) in [6.07, 6.45) is 4.81. The van der Waals surface area contributed by atoms with Gasteiger partial charge in [0.15, 0.2) is 0 Å². The number of nitrogens with one attached hydrogen (secondary N) is 1. The van der Waals surface area contributed by atoms with E-state index in [-0.39, 0.29) is 11.6 Å². The monoisotopic (exact) mass is 374 g/mol. The number of hydrogen-bond donors (Lipinski definition) is 1. The van der Waals surface area contributed by atoms with Crippen LogP contribution >= 0.6 is 11.6 Å². The van der Waals surface area contributed by atoms with Gasteiger partial charge in [0.05, 0.1) is 12.4 Å². The molecule has 0 bridgehead atoms. The predicted molar refractivity (Wildman–Crippen MR) is 105 cm³/mol. The van der Waals surface area contributed by atoms with Gasteiger partial charge in [0.25, 0.3) is 5.91 Å². The molecule has 0 radical (unpaired) electrons. The van der Waals surface area contributed by atoms with Gasteiger partial charge in [-0.2, -0.15) is 0 Å². The maximum Gasteiger partial charge on any atom is 0.271 e. The predicted octanol–water partition coefficient (Wildman–Crippen LogP) is 4.28. The summed E-state index contributed by atoms with van der Waals surface area (Å²) in [5.74, 6) is -0.271. The molecule has 2 aromatic carbocycles. The molecular weight excluding hydrogens is 360 g/mol. The lowest BCUT2D eigenvalue weighted by atomic mass is 10.1. The normalized spacial score (nSPS) is 10.7. The minimum absolute atomic E-state index is 0.264. The summed E-state index contributed by atoms with van der Waals surface area (Å²) in [4.78, 5) is 25.6. The first kappa shape index (κ1) is 17.1. The molecule has 0 aliphatic carbocycles. The molecule has 0 saturated heterocycles. The minimum atomic E-state index is -0.271. The lowest BCUT2D eigenvalue weighted by Gasteiger charge is -2.08. The molecule has 5 nitrogen and oxygen atoms in total. The summed E-state index contributed by atoms with van der Waals surface area (Å²) < 4.78 is 0. The molecule has 0 aliphatic rings. The van der Waals surface area contributed by atoms with E-state index in [1.165, 1.54) is 6.20 Å². The first-order chi connectivity index (χ1) is 13.2. The average molecular weight is 375 g/mol. The van der Waals surface area contributed by atoms with E-state index in [0.717, 1.165) is 16.7 Å².